The number of benzene rings is 8. The largest absolute Gasteiger partial charge is 0.476 e. The fourth-order valence-electron chi connectivity index (χ4n) is 17.0. The average Bonchev–Trinajstić information content (AvgIpc) is 1.76. The molecule has 24 nitrogen and oxygen atoms in total. The van der Waals surface area contributed by atoms with Gasteiger partial charge in [0, 0.05) is 113 Å². The molecule has 16 rings (SSSR count). The van der Waals surface area contributed by atoms with E-state index in [0.717, 1.165) is 199 Å². The molecule has 0 radical (unpaired) electrons. The van der Waals surface area contributed by atoms with E-state index in [1.807, 2.05) is 168 Å². The number of allylic oxidation sites excluding steroid dienone is 1. The lowest BCUT2D eigenvalue weighted by Gasteiger charge is -2.27. The van der Waals surface area contributed by atoms with Crippen LogP contribution in [0.25, 0.3) is 21.8 Å². The fourth-order valence-corrected chi connectivity index (χ4v) is 23.8. The van der Waals surface area contributed by atoms with Crippen LogP contribution in [0.5, 0.6) is 5.88 Å². The number of aromatic nitrogens is 4. The molecule has 29 heteroatoms. The van der Waals surface area contributed by atoms with Gasteiger partial charge in [0.25, 0.3) is 40.1 Å². The minimum absolute atomic E-state index is 0.0921. The van der Waals surface area contributed by atoms with Crippen LogP contribution in [-0.4, -0.2) is 168 Å². The molecule has 0 bridgehead atoms. The molecule has 704 valence electrons. The Morgan fingerprint density at radius 3 is 1.34 bits per heavy atom. The number of fused-ring (bicyclic) bond motifs is 4. The van der Waals surface area contributed by atoms with Crippen molar-refractivity contribution in [1.82, 2.24) is 20.0 Å². The second kappa shape index (κ2) is 46.1. The highest BCUT2D eigenvalue weighted by Gasteiger charge is 2.35. The van der Waals surface area contributed by atoms with Gasteiger partial charge in [0.1, 0.15) is 0 Å². The first-order chi connectivity index (χ1) is 63.1. The zero-order valence-electron chi connectivity index (χ0n) is 77.6. The van der Waals surface area contributed by atoms with Crippen molar-refractivity contribution in [2.45, 2.75) is 192 Å². The van der Waals surface area contributed by atoms with E-state index in [0.29, 0.717) is 101 Å². The highest BCUT2D eigenvalue weighted by atomic mass is 35.5. The summed E-state index contributed by atoms with van der Waals surface area (Å²) in [6.07, 6.45) is 16.4. The van der Waals surface area contributed by atoms with Gasteiger partial charge >= 0.3 is 0 Å². The summed E-state index contributed by atoms with van der Waals surface area (Å²) in [5.41, 5.74) is 16.5. The van der Waals surface area contributed by atoms with Gasteiger partial charge in [0.15, 0.2) is 0 Å². The molecule has 0 amide bonds. The number of nitrogens with one attached hydrogen (secondary N) is 1. The van der Waals surface area contributed by atoms with Gasteiger partial charge < -0.3 is 28.8 Å². The number of halogens is 1. The highest BCUT2D eigenvalue weighted by molar-refractivity contribution is 7.93. The maximum atomic E-state index is 13.8. The molecule has 4 saturated heterocycles. The topological polar surface area (TPSA) is 287 Å². The van der Waals surface area contributed by atoms with Gasteiger partial charge in [-0.2, -0.15) is 5.10 Å². The average molecular weight is 1880 g/mol. The minimum Gasteiger partial charge on any atom is -0.476 e. The Bertz CT molecular complexity index is 6020. The summed E-state index contributed by atoms with van der Waals surface area (Å²) < 4.78 is 145. The second-order valence-corrected chi connectivity index (χ2v) is 43.8. The van der Waals surface area contributed by atoms with E-state index in [2.05, 4.69) is 54.1 Å². The summed E-state index contributed by atoms with van der Waals surface area (Å²) in [5.74, 6) is 2.33. The van der Waals surface area contributed by atoms with Crippen LogP contribution in [0.4, 0.5) is 22.7 Å². The maximum Gasteiger partial charge on any atom is 0.264 e. The van der Waals surface area contributed by atoms with Gasteiger partial charge in [-0.3, -0.25) is 37.0 Å². The van der Waals surface area contributed by atoms with E-state index in [4.69, 9.17) is 40.3 Å². The first-order valence-electron chi connectivity index (χ1n) is 46.7. The number of ether oxygens (including phenoxy) is 5. The summed E-state index contributed by atoms with van der Waals surface area (Å²) in [5, 5.41) is 22.9. The standard InChI is InChI=1S/C26H34N2O3S.C26H32N2O3S.C25H32ClN3O4S.C25H33N3O4S/c2*1-4-20-5-7-23(8-6-20)28(18-19(2)3)32(29,30)24-9-10-25-22(16-24)17-27-26(25)15-21-11-13-31-14-12-21;1-2-19-3-5-23(6-4-19)29(17-21(14-26)18-30)34(31,32)24-7-8-25-22(13-24)15-27-28(25)16-20-9-11-33-12-10-20;1-4-19-5-7-21(8-6-19)28(16-18(2)3)33(29,30)22-9-10-24-23(15-22)25(27-26-24)32-17-20-11-13-31-14-12-20/h5-10,16,19,21H,4,11-15,17-18H2,1-3H3;5-10,15-16,19H,4,11-14,17-18H2,1-3H3;3-8,13,15,20-21,30H,2,9-12,14,16-18H2,1H3;5-10,15,18,20H,4,11-14,16-17H2,1-3H3,(H,26,27). The van der Waals surface area contributed by atoms with E-state index in [9.17, 15) is 38.8 Å². The van der Waals surface area contributed by atoms with E-state index in [-0.39, 0.29) is 52.5 Å². The van der Waals surface area contributed by atoms with Crippen molar-refractivity contribution < 1.29 is 62.5 Å². The minimum atomic E-state index is -3.89. The van der Waals surface area contributed by atoms with Gasteiger partial charge in [0.2, 0.25) is 5.88 Å². The lowest BCUT2D eigenvalue weighted by Crippen LogP contribution is -2.37. The van der Waals surface area contributed by atoms with Gasteiger partial charge in [-0.25, -0.2) is 33.7 Å². The SMILES string of the molecule is CCc1ccc(N(CC(C)C)S(=O)(=O)c2ccc3[nH]nc(OCC4CCOCC4)c3c2)cc1.CCc1ccc(N(CC(C)C)S(=O)(=O)c2ccc3c(c2)CN=C3C=C2CCOCC2)cc1.CCc1ccc(N(CC(C)C)S(=O)(=O)c2ccc3c(c2)CN=C3CC2CCOCC2)cc1.CCc1ccc(N(CC(CO)CCl)S(=O)(=O)c2ccc3c(cnn3CC3CCOCC3)c2)cc1. The van der Waals surface area contributed by atoms with Gasteiger partial charge in [-0.15, -0.1) is 16.7 Å². The van der Waals surface area contributed by atoms with Crippen molar-refractivity contribution in [1.29, 1.82) is 0 Å². The second-order valence-electron chi connectivity index (χ2n) is 36.1. The Hall–Kier alpha value is -9.33. The van der Waals surface area contributed by atoms with Crippen molar-refractivity contribution in [2.75, 3.05) is 115 Å². The fraction of sp³-hybridized carbons (Fsp3) is 0.471. The van der Waals surface area contributed by atoms with Gasteiger partial charge in [0.05, 0.1) is 104 Å². The summed E-state index contributed by atoms with van der Waals surface area (Å²) in [4.78, 5) is 10.5. The molecule has 131 heavy (non-hydrogen) atoms. The molecule has 6 aliphatic rings. The number of hydrogen-bond acceptors (Lipinski definition) is 18. The molecule has 8 heterocycles. The van der Waals surface area contributed by atoms with Gasteiger partial charge in [-0.05, 0) is 268 Å². The first kappa shape index (κ1) is 99.2. The Morgan fingerprint density at radius 1 is 0.481 bits per heavy atom. The summed E-state index contributed by atoms with van der Waals surface area (Å²) >= 11 is 6.00. The van der Waals surface area contributed by atoms with Crippen molar-refractivity contribution in [2.24, 2.45) is 51.4 Å². The number of rotatable bonds is 34. The number of anilines is 4. The molecular formula is C102H131ClN10O14S4. The molecule has 6 aliphatic heterocycles. The Labute approximate surface area is 781 Å². The molecule has 1 unspecified atom stereocenters. The maximum absolute atomic E-state index is 13.8. The Kier molecular flexibility index (Phi) is 34.9. The molecule has 2 N–H and O–H groups in total. The molecule has 0 aliphatic carbocycles. The lowest BCUT2D eigenvalue weighted by molar-refractivity contribution is 0.0492. The van der Waals surface area contributed by atoms with E-state index >= 15 is 0 Å². The predicted molar refractivity (Wildman–Crippen MR) is 525 cm³/mol. The molecule has 0 spiro atoms. The smallest absolute Gasteiger partial charge is 0.264 e. The normalized spacial score (nSPS) is 16.1. The van der Waals surface area contributed by atoms with Crippen LogP contribution in [0.2, 0.25) is 0 Å². The Balaban J connectivity index is 0.000000149. The number of hydrogen-bond donors (Lipinski definition) is 2. The number of aryl methyl sites for hydroxylation is 4. The van der Waals surface area contributed by atoms with Crippen LogP contribution in [0.1, 0.15) is 172 Å². The molecule has 4 fully saturated rings. The highest BCUT2D eigenvalue weighted by Crippen LogP contribution is 2.38. The monoisotopic (exact) mass is 1880 g/mol. The van der Waals surface area contributed by atoms with Crippen molar-refractivity contribution >= 4 is 108 Å². The number of aromatic amines is 1. The number of H-pyrrole nitrogens is 1. The number of aliphatic hydroxyl groups excluding tert-OH is 1. The molecular weight excluding hydrogens is 1750 g/mol. The molecule has 1 atom stereocenters. The third kappa shape index (κ3) is 25.2. The van der Waals surface area contributed by atoms with Crippen LogP contribution >= 0.6 is 11.6 Å². The summed E-state index contributed by atoms with van der Waals surface area (Å²) in [6, 6.07) is 52.1. The lowest BCUT2D eigenvalue weighted by atomic mass is 9.91. The van der Waals surface area contributed by atoms with Crippen LogP contribution in [0.15, 0.2) is 217 Å². The number of sulfonamides is 4. The van der Waals surface area contributed by atoms with E-state index in [1.165, 1.54) is 30.9 Å². The number of alkyl halides is 1. The number of aliphatic hydroxyl groups is 1. The third-order valence-electron chi connectivity index (χ3n) is 25.0. The quantitative estimate of drug-likeness (QED) is 0.0354. The van der Waals surface area contributed by atoms with Crippen molar-refractivity contribution in [3.63, 3.8) is 0 Å². The van der Waals surface area contributed by atoms with Crippen LogP contribution in [-0.2, 0) is 104 Å². The van der Waals surface area contributed by atoms with Crippen LogP contribution < -0.4 is 22.0 Å². The van der Waals surface area contributed by atoms with Crippen LogP contribution in [0, 0.1) is 41.4 Å². The van der Waals surface area contributed by atoms with Gasteiger partial charge in [-0.1, -0.05) is 135 Å². The summed E-state index contributed by atoms with van der Waals surface area (Å²) in [7, 11) is -15.0. The Morgan fingerprint density at radius 2 is 0.885 bits per heavy atom. The van der Waals surface area contributed by atoms with E-state index < -0.39 is 40.1 Å². The van der Waals surface area contributed by atoms with E-state index in [1.54, 1.807) is 63.3 Å². The third-order valence-corrected chi connectivity index (χ3v) is 32.6. The zero-order valence-corrected chi connectivity index (χ0v) is 81.6. The molecule has 0 saturated carbocycles. The molecule has 2 aromatic heterocycles. The zero-order chi connectivity index (χ0) is 93.0. The van der Waals surface area contributed by atoms with Crippen molar-refractivity contribution in [3.05, 3.63) is 232 Å². The molecule has 10 aromatic rings. The first-order valence-corrected chi connectivity index (χ1v) is 52.9. The predicted octanol–water partition coefficient (Wildman–Crippen LogP) is 19.2. The van der Waals surface area contributed by atoms with Crippen molar-refractivity contribution in [3.8, 4) is 5.88 Å². The molecule has 8 aromatic carbocycles. The van der Waals surface area contributed by atoms with Crippen LogP contribution in [0.3, 0.4) is 0 Å². The summed E-state index contributed by atoms with van der Waals surface area (Å²) in [6.45, 7) is 30.3. The number of aliphatic imine (C=N–C) groups is 2. The number of nitrogens with zero attached hydrogens (tertiary/aromatic N) is 9.